The van der Waals surface area contributed by atoms with E-state index in [-0.39, 0.29) is 17.6 Å². The quantitative estimate of drug-likeness (QED) is 0.433. The number of rotatable bonds is 11. The summed E-state index contributed by atoms with van der Waals surface area (Å²) in [5.74, 6) is 0.876. The van der Waals surface area contributed by atoms with Gasteiger partial charge in [-0.05, 0) is 68.3 Å². The fourth-order valence-electron chi connectivity index (χ4n) is 2.56. The lowest BCUT2D eigenvalue weighted by Gasteiger charge is -2.31. The number of hydrogen-bond acceptors (Lipinski definition) is 5. The number of benzene rings is 1. The van der Waals surface area contributed by atoms with Crippen molar-refractivity contribution in [2.45, 2.75) is 58.5 Å². The molecule has 0 aliphatic carbocycles. The summed E-state index contributed by atoms with van der Waals surface area (Å²) in [4.78, 5) is 12.7. The second-order valence-corrected chi connectivity index (χ2v) is 8.54. The van der Waals surface area contributed by atoms with Gasteiger partial charge >= 0.3 is 6.09 Å². The first-order valence-electron chi connectivity index (χ1n) is 9.27. The number of nitrogens with one attached hydrogen (secondary N) is 1. The summed E-state index contributed by atoms with van der Waals surface area (Å²) in [6.07, 6.45) is 1.56. The van der Waals surface area contributed by atoms with Crippen molar-refractivity contribution in [3.05, 3.63) is 24.3 Å². The minimum Gasteiger partial charge on any atom is -0.497 e. The van der Waals surface area contributed by atoms with Crippen molar-refractivity contribution in [1.29, 1.82) is 0 Å². The molecule has 1 rings (SSSR count). The second-order valence-electron chi connectivity index (χ2n) is 7.37. The molecule has 0 aliphatic heterocycles. The molecule has 0 saturated heterocycles. The van der Waals surface area contributed by atoms with Gasteiger partial charge in [0.05, 0.1) is 13.2 Å². The Hall–Kier alpha value is -1.40. The van der Waals surface area contributed by atoms with E-state index >= 15 is 0 Å². The van der Waals surface area contributed by atoms with E-state index in [4.69, 9.17) is 9.47 Å². The molecule has 0 radical (unpaired) electrons. The number of amides is 1. The number of ether oxygens (including phenoxy) is 2. The van der Waals surface area contributed by atoms with Crippen LogP contribution in [0.25, 0.3) is 0 Å². The summed E-state index contributed by atoms with van der Waals surface area (Å²) in [7, 11) is 1.68. The van der Waals surface area contributed by atoms with Crippen LogP contribution in [-0.2, 0) is 4.74 Å². The molecule has 1 N–H and O–H groups in total. The number of nitrogens with zero attached hydrogens (tertiary/aromatic N) is 1. The monoisotopic (exact) mass is 382 g/mol. The second kappa shape index (κ2) is 11.3. The number of hydrogen-bond donors (Lipinski definition) is 1. The Morgan fingerprint density at radius 2 is 1.92 bits per heavy atom. The minimum absolute atomic E-state index is 0.0838. The van der Waals surface area contributed by atoms with Gasteiger partial charge in [-0.15, -0.1) is 0 Å². The van der Waals surface area contributed by atoms with Crippen LogP contribution in [-0.4, -0.2) is 43.2 Å². The highest BCUT2D eigenvalue weighted by Gasteiger charge is 2.21. The first kappa shape index (κ1) is 22.6. The zero-order valence-electron chi connectivity index (χ0n) is 17.0. The molecule has 1 amide bonds. The van der Waals surface area contributed by atoms with Gasteiger partial charge in [0, 0.05) is 24.5 Å². The van der Waals surface area contributed by atoms with Crippen molar-refractivity contribution in [3.63, 3.8) is 0 Å². The van der Waals surface area contributed by atoms with Gasteiger partial charge in [-0.25, -0.2) is 9.10 Å². The maximum absolute atomic E-state index is 11.5. The maximum atomic E-state index is 11.5. The van der Waals surface area contributed by atoms with Gasteiger partial charge in [0.25, 0.3) is 0 Å². The van der Waals surface area contributed by atoms with Crippen LogP contribution in [0.4, 0.5) is 4.79 Å². The standard InChI is InChI=1S/C20H34N2O3S/c1-7-22(26-18-11-9-17(24-6)10-12-18)15-20(4,5)13-8-14-21-19(23)25-16(2)3/h9-12,16H,7-8,13-15H2,1-6H3,(H,21,23). The van der Waals surface area contributed by atoms with Gasteiger partial charge in [-0.2, -0.15) is 0 Å². The molecule has 1 aromatic carbocycles. The van der Waals surface area contributed by atoms with Crippen LogP contribution in [0, 0.1) is 5.41 Å². The topological polar surface area (TPSA) is 50.8 Å². The Kier molecular flexibility index (Phi) is 9.88. The highest BCUT2D eigenvalue weighted by Crippen LogP contribution is 2.30. The van der Waals surface area contributed by atoms with E-state index in [1.807, 2.05) is 26.0 Å². The molecule has 148 valence electrons. The molecule has 0 bridgehead atoms. The first-order valence-corrected chi connectivity index (χ1v) is 10.0. The Balaban J connectivity index is 2.40. The molecule has 0 aromatic heterocycles. The lowest BCUT2D eigenvalue weighted by molar-refractivity contribution is 0.115. The highest BCUT2D eigenvalue weighted by molar-refractivity contribution is 7.97. The van der Waals surface area contributed by atoms with Gasteiger partial charge < -0.3 is 14.8 Å². The molecule has 0 fully saturated rings. The van der Waals surface area contributed by atoms with Crippen molar-refractivity contribution < 1.29 is 14.3 Å². The van der Waals surface area contributed by atoms with Crippen molar-refractivity contribution in [2.24, 2.45) is 5.41 Å². The Bertz CT molecular complexity index is 532. The van der Waals surface area contributed by atoms with Crippen molar-refractivity contribution in [3.8, 4) is 5.75 Å². The van der Waals surface area contributed by atoms with Gasteiger partial charge in [0.2, 0.25) is 0 Å². The minimum atomic E-state index is -0.331. The molecular weight excluding hydrogens is 348 g/mol. The molecular formula is C20H34N2O3S. The van der Waals surface area contributed by atoms with E-state index in [0.29, 0.717) is 6.54 Å². The summed E-state index contributed by atoms with van der Waals surface area (Å²) < 4.78 is 12.7. The third kappa shape index (κ3) is 9.34. The molecule has 0 atom stereocenters. The van der Waals surface area contributed by atoms with Crippen LogP contribution in [0.2, 0.25) is 0 Å². The SMILES string of the molecule is CCN(CC(C)(C)CCCNC(=O)OC(C)C)Sc1ccc(OC)cc1. The van der Waals surface area contributed by atoms with E-state index in [1.165, 1.54) is 4.90 Å². The van der Waals surface area contributed by atoms with Crippen LogP contribution in [0.1, 0.15) is 47.5 Å². The van der Waals surface area contributed by atoms with E-state index in [1.54, 1.807) is 19.1 Å². The largest absolute Gasteiger partial charge is 0.497 e. The predicted molar refractivity (Wildman–Crippen MR) is 109 cm³/mol. The lowest BCUT2D eigenvalue weighted by Crippen LogP contribution is -2.32. The van der Waals surface area contributed by atoms with Crippen molar-refractivity contribution >= 4 is 18.0 Å². The molecule has 0 spiro atoms. The number of methoxy groups -OCH3 is 1. The van der Waals surface area contributed by atoms with E-state index in [0.717, 1.165) is 31.7 Å². The van der Waals surface area contributed by atoms with E-state index in [2.05, 4.69) is 42.5 Å². The number of alkyl carbamates (subject to hydrolysis) is 1. The lowest BCUT2D eigenvalue weighted by atomic mass is 9.88. The fraction of sp³-hybridized carbons (Fsp3) is 0.650. The zero-order chi connectivity index (χ0) is 19.6. The number of carbonyl (C=O) groups is 1. The smallest absolute Gasteiger partial charge is 0.407 e. The molecule has 6 heteroatoms. The Morgan fingerprint density at radius 3 is 2.46 bits per heavy atom. The van der Waals surface area contributed by atoms with Crippen LogP contribution in [0.15, 0.2) is 29.2 Å². The summed E-state index contributed by atoms with van der Waals surface area (Å²) >= 11 is 1.77. The van der Waals surface area contributed by atoms with Gasteiger partial charge in [0.15, 0.2) is 0 Å². The van der Waals surface area contributed by atoms with Crippen molar-refractivity contribution in [2.75, 3.05) is 26.7 Å². The summed E-state index contributed by atoms with van der Waals surface area (Å²) in [6, 6.07) is 8.15. The number of carbonyl (C=O) groups excluding carboxylic acids is 1. The molecule has 0 aliphatic rings. The third-order valence-electron chi connectivity index (χ3n) is 3.89. The van der Waals surface area contributed by atoms with E-state index in [9.17, 15) is 4.79 Å². The first-order chi connectivity index (χ1) is 12.3. The van der Waals surface area contributed by atoms with Gasteiger partial charge in [0.1, 0.15) is 5.75 Å². The van der Waals surface area contributed by atoms with Crippen LogP contribution in [0.5, 0.6) is 5.75 Å². The summed E-state index contributed by atoms with van der Waals surface area (Å²) in [6.45, 7) is 13.0. The molecule has 0 saturated carbocycles. The summed E-state index contributed by atoms with van der Waals surface area (Å²) in [5.41, 5.74) is 0.166. The molecule has 0 heterocycles. The van der Waals surface area contributed by atoms with Crippen LogP contribution in [0.3, 0.4) is 0 Å². The third-order valence-corrected chi connectivity index (χ3v) is 5.02. The molecule has 26 heavy (non-hydrogen) atoms. The Labute approximate surface area is 162 Å². The fourth-order valence-corrected chi connectivity index (χ4v) is 3.66. The molecule has 1 aromatic rings. The Morgan fingerprint density at radius 1 is 1.27 bits per heavy atom. The van der Waals surface area contributed by atoms with Gasteiger partial charge in [-0.3, -0.25) is 0 Å². The predicted octanol–water partition coefficient (Wildman–Crippen LogP) is 4.97. The van der Waals surface area contributed by atoms with Gasteiger partial charge in [-0.1, -0.05) is 20.8 Å². The summed E-state index contributed by atoms with van der Waals surface area (Å²) in [5, 5.41) is 2.81. The van der Waals surface area contributed by atoms with Crippen LogP contribution < -0.4 is 10.1 Å². The van der Waals surface area contributed by atoms with Crippen molar-refractivity contribution in [1.82, 2.24) is 9.62 Å². The highest BCUT2D eigenvalue weighted by atomic mass is 32.2. The average molecular weight is 383 g/mol. The molecule has 5 nitrogen and oxygen atoms in total. The normalized spacial score (nSPS) is 11.7. The molecule has 0 unspecified atom stereocenters. The average Bonchev–Trinajstić information content (AvgIpc) is 2.58. The van der Waals surface area contributed by atoms with E-state index < -0.39 is 0 Å². The zero-order valence-corrected chi connectivity index (χ0v) is 17.8. The maximum Gasteiger partial charge on any atom is 0.407 e. The van der Waals surface area contributed by atoms with Crippen LogP contribution >= 0.6 is 11.9 Å².